The largest absolute Gasteiger partial charge is 1.00 e. The van der Waals surface area contributed by atoms with Crippen molar-refractivity contribution in [3.05, 3.63) is 29.3 Å². The van der Waals surface area contributed by atoms with Gasteiger partial charge in [-0.1, -0.05) is 6.07 Å². The smallest absolute Gasteiger partial charge is 0.685 e. The van der Waals surface area contributed by atoms with Crippen molar-refractivity contribution in [2.75, 3.05) is 7.05 Å². The van der Waals surface area contributed by atoms with Crippen molar-refractivity contribution in [1.29, 1.82) is 0 Å². The van der Waals surface area contributed by atoms with E-state index in [2.05, 4.69) is 10.3 Å². The van der Waals surface area contributed by atoms with Gasteiger partial charge in [0.15, 0.2) is 0 Å². The molecule has 0 aromatic carbocycles. The number of aromatic nitrogens is 1. The average Bonchev–Trinajstić information content (AvgIpc) is 1.89. The third-order valence-corrected chi connectivity index (χ3v) is 1.22. The molecule has 0 fully saturated rings. The maximum atomic E-state index is 4.06. The van der Waals surface area contributed by atoms with Crippen LogP contribution in [-0.4, -0.2) is 12.0 Å². The minimum atomic E-state index is 0. The summed E-state index contributed by atoms with van der Waals surface area (Å²) in [7, 11) is 1.77. The first-order valence-electron chi connectivity index (χ1n) is 2.86. The fraction of sp³-hybridized carbons (Fsp3) is 0.286. The van der Waals surface area contributed by atoms with E-state index >= 15 is 0 Å². The predicted molar refractivity (Wildman–Crippen MR) is 37.9 cm³/mol. The summed E-state index contributed by atoms with van der Waals surface area (Å²) in [6, 6.07) is 3.83. The molecule has 0 atom stereocenters. The maximum Gasteiger partial charge on any atom is 1.00 e. The van der Waals surface area contributed by atoms with Crippen molar-refractivity contribution in [1.82, 2.24) is 4.98 Å². The summed E-state index contributed by atoms with van der Waals surface area (Å²) in [6.07, 6.45) is 1.77. The molecule has 0 aliphatic heterocycles. The van der Waals surface area contributed by atoms with Crippen molar-refractivity contribution < 1.29 is 51.4 Å². The summed E-state index contributed by atoms with van der Waals surface area (Å²) in [5, 5.41) is 4.01. The van der Waals surface area contributed by atoms with E-state index in [0.29, 0.717) is 0 Å². The van der Waals surface area contributed by atoms with Crippen molar-refractivity contribution in [3.63, 3.8) is 0 Å². The first-order valence-corrected chi connectivity index (χ1v) is 2.86. The Bertz CT molecular complexity index is 201. The number of hydrogen-bond acceptors (Lipinski definition) is 1. The zero-order chi connectivity index (χ0) is 6.69. The molecule has 0 aliphatic rings. The van der Waals surface area contributed by atoms with Crippen molar-refractivity contribution >= 4 is 5.69 Å². The van der Waals surface area contributed by atoms with Gasteiger partial charge >= 0.3 is 51.4 Å². The van der Waals surface area contributed by atoms with Crippen LogP contribution in [0.2, 0.25) is 0 Å². The van der Waals surface area contributed by atoms with Gasteiger partial charge in [-0.05, 0) is 13.0 Å². The van der Waals surface area contributed by atoms with Gasteiger partial charge in [-0.25, -0.2) is 0 Å². The molecule has 1 heterocycles. The molecular formula is C7H9KN2. The summed E-state index contributed by atoms with van der Waals surface area (Å²) < 4.78 is 0. The first kappa shape index (κ1) is 10.6. The molecule has 48 valence electrons. The fourth-order valence-corrected chi connectivity index (χ4v) is 0.712. The monoisotopic (exact) mass is 160 g/mol. The molecule has 1 rings (SSSR count). The molecule has 0 N–H and O–H groups in total. The molecule has 0 spiro atoms. The Morgan fingerprint density at radius 3 is 2.60 bits per heavy atom. The van der Waals surface area contributed by atoms with Gasteiger partial charge in [-0.2, -0.15) is 0 Å². The van der Waals surface area contributed by atoms with E-state index < -0.39 is 0 Å². The Kier molecular flexibility index (Phi) is 5.57. The van der Waals surface area contributed by atoms with E-state index in [-0.39, 0.29) is 51.4 Å². The van der Waals surface area contributed by atoms with Crippen molar-refractivity contribution in [2.24, 2.45) is 0 Å². The van der Waals surface area contributed by atoms with Crippen LogP contribution in [0.15, 0.2) is 18.3 Å². The second kappa shape index (κ2) is 5.26. The zero-order valence-electron chi connectivity index (χ0n) is 6.63. The first-order chi connectivity index (χ1) is 4.34. The van der Waals surface area contributed by atoms with Crippen LogP contribution in [0.4, 0.5) is 5.69 Å². The molecule has 0 amide bonds. The van der Waals surface area contributed by atoms with Gasteiger partial charge in [0.1, 0.15) is 0 Å². The van der Waals surface area contributed by atoms with Crippen molar-refractivity contribution in [2.45, 2.75) is 6.92 Å². The van der Waals surface area contributed by atoms with E-state index in [1.54, 1.807) is 13.2 Å². The summed E-state index contributed by atoms with van der Waals surface area (Å²) in [4.78, 5) is 4.06. The number of aryl methyl sites for hydroxylation is 1. The topological polar surface area (TPSA) is 27.0 Å². The van der Waals surface area contributed by atoms with Gasteiger partial charge in [-0.3, -0.25) is 4.98 Å². The van der Waals surface area contributed by atoms with E-state index in [0.717, 1.165) is 11.4 Å². The minimum absolute atomic E-state index is 0. The van der Waals surface area contributed by atoms with Crippen LogP contribution in [-0.2, 0) is 0 Å². The molecule has 1 aromatic rings. The molecule has 0 aliphatic carbocycles. The molecule has 0 saturated carbocycles. The summed E-state index contributed by atoms with van der Waals surface area (Å²) in [6.45, 7) is 1.95. The molecule has 10 heavy (non-hydrogen) atoms. The van der Waals surface area contributed by atoms with Crippen LogP contribution >= 0.6 is 0 Å². The number of nitrogens with zero attached hydrogens (tertiary/aromatic N) is 2. The van der Waals surface area contributed by atoms with Crippen molar-refractivity contribution in [3.8, 4) is 0 Å². The fourth-order valence-electron chi connectivity index (χ4n) is 0.712. The van der Waals surface area contributed by atoms with Crippen LogP contribution in [0, 0.1) is 6.92 Å². The van der Waals surface area contributed by atoms with Crippen LogP contribution in [0.25, 0.3) is 5.32 Å². The van der Waals surface area contributed by atoms with Gasteiger partial charge in [0, 0.05) is 11.9 Å². The van der Waals surface area contributed by atoms with Gasteiger partial charge in [-0.15, -0.1) is 12.7 Å². The summed E-state index contributed by atoms with van der Waals surface area (Å²) in [5.41, 5.74) is 1.96. The SMILES string of the molecule is C[N-]c1cccnc1C.[K+]. The third-order valence-electron chi connectivity index (χ3n) is 1.22. The standard InChI is InChI=1S/C7H9N2.K/c1-6-7(8-2)4-3-5-9-6;/h3-5H,1-2H3;/q-1;+1. The maximum absolute atomic E-state index is 4.06. The number of pyridine rings is 1. The Morgan fingerprint density at radius 2 is 2.20 bits per heavy atom. The molecule has 1 aromatic heterocycles. The van der Waals surface area contributed by atoms with Gasteiger partial charge < -0.3 is 5.32 Å². The van der Waals surface area contributed by atoms with Gasteiger partial charge in [0.05, 0.1) is 0 Å². The summed E-state index contributed by atoms with van der Waals surface area (Å²) >= 11 is 0. The molecule has 0 radical (unpaired) electrons. The van der Waals surface area contributed by atoms with Gasteiger partial charge in [0.25, 0.3) is 0 Å². The van der Waals surface area contributed by atoms with Crippen LogP contribution in [0.1, 0.15) is 5.69 Å². The Balaban J connectivity index is 0.000000810. The second-order valence-electron chi connectivity index (χ2n) is 1.83. The predicted octanol–water partition coefficient (Wildman–Crippen LogP) is -0.971. The van der Waals surface area contributed by atoms with E-state index in [1.807, 2.05) is 19.1 Å². The number of rotatable bonds is 1. The molecule has 0 unspecified atom stereocenters. The minimum Gasteiger partial charge on any atom is -0.685 e. The zero-order valence-corrected chi connectivity index (χ0v) is 9.75. The number of hydrogen-bond donors (Lipinski definition) is 0. The Morgan fingerprint density at radius 1 is 1.50 bits per heavy atom. The molecule has 3 heteroatoms. The third kappa shape index (κ3) is 2.68. The Labute approximate surface area is 104 Å². The van der Waals surface area contributed by atoms with Crippen LogP contribution in [0.3, 0.4) is 0 Å². The average molecular weight is 160 g/mol. The molecular weight excluding hydrogens is 151 g/mol. The normalized spacial score (nSPS) is 8.20. The van der Waals surface area contributed by atoms with E-state index in [9.17, 15) is 0 Å². The van der Waals surface area contributed by atoms with Crippen LogP contribution < -0.4 is 51.4 Å². The quantitative estimate of drug-likeness (QED) is 0.486. The second-order valence-corrected chi connectivity index (χ2v) is 1.83. The Hall–Kier alpha value is 0.586. The molecule has 0 bridgehead atoms. The van der Waals surface area contributed by atoms with E-state index in [1.165, 1.54) is 0 Å². The van der Waals surface area contributed by atoms with Gasteiger partial charge in [0.2, 0.25) is 0 Å². The van der Waals surface area contributed by atoms with E-state index in [4.69, 9.17) is 0 Å². The summed E-state index contributed by atoms with van der Waals surface area (Å²) in [5.74, 6) is 0. The van der Waals surface area contributed by atoms with Crippen LogP contribution in [0.5, 0.6) is 0 Å². The molecule has 0 saturated heterocycles. The molecule has 2 nitrogen and oxygen atoms in total.